The zero-order chi connectivity index (χ0) is 15.5. The summed E-state index contributed by atoms with van der Waals surface area (Å²) in [6.45, 7) is 3.82. The Balaban J connectivity index is 2.11. The Bertz CT molecular complexity index is 475. The highest BCUT2D eigenvalue weighted by Gasteiger charge is 2.40. The molecule has 21 heavy (non-hydrogen) atoms. The molecule has 1 heterocycles. The third-order valence-electron chi connectivity index (χ3n) is 4.24. The first-order valence-corrected chi connectivity index (χ1v) is 7.88. The molecule has 1 aliphatic carbocycles. The molecular formula is C14H25ClN6. The van der Waals surface area contributed by atoms with Gasteiger partial charge in [-0.15, -0.1) is 0 Å². The van der Waals surface area contributed by atoms with Crippen LogP contribution in [0.5, 0.6) is 0 Å². The topological polar surface area (TPSA) is 57.2 Å². The van der Waals surface area contributed by atoms with Crippen LogP contribution in [0, 0.1) is 0 Å². The summed E-state index contributed by atoms with van der Waals surface area (Å²) in [5.41, 5.74) is 0.227. The highest BCUT2D eigenvalue weighted by molar-refractivity contribution is 6.28. The van der Waals surface area contributed by atoms with E-state index >= 15 is 0 Å². The second kappa shape index (κ2) is 6.75. The fourth-order valence-electron chi connectivity index (χ4n) is 2.67. The van der Waals surface area contributed by atoms with Crippen molar-refractivity contribution in [2.24, 2.45) is 0 Å². The number of nitrogens with zero attached hydrogens (tertiary/aromatic N) is 5. The number of rotatable bonds is 7. The van der Waals surface area contributed by atoms with E-state index in [0.29, 0.717) is 11.9 Å². The van der Waals surface area contributed by atoms with Crippen LogP contribution in [0.15, 0.2) is 0 Å². The Morgan fingerprint density at radius 3 is 2.43 bits per heavy atom. The van der Waals surface area contributed by atoms with Gasteiger partial charge < -0.3 is 15.1 Å². The first kappa shape index (κ1) is 16.2. The van der Waals surface area contributed by atoms with E-state index in [1.165, 1.54) is 19.3 Å². The zero-order valence-corrected chi connectivity index (χ0v) is 14.1. The van der Waals surface area contributed by atoms with Crippen LogP contribution in [-0.4, -0.2) is 59.6 Å². The van der Waals surface area contributed by atoms with Gasteiger partial charge in [0.1, 0.15) is 0 Å². The molecule has 118 valence electrons. The van der Waals surface area contributed by atoms with Crippen molar-refractivity contribution < 1.29 is 0 Å². The largest absolute Gasteiger partial charge is 0.354 e. The summed E-state index contributed by atoms with van der Waals surface area (Å²) in [4.78, 5) is 17.2. The molecule has 1 aromatic heterocycles. The van der Waals surface area contributed by atoms with Crippen molar-refractivity contribution in [1.29, 1.82) is 0 Å². The van der Waals surface area contributed by atoms with Crippen molar-refractivity contribution in [3.8, 4) is 0 Å². The van der Waals surface area contributed by atoms with Crippen molar-refractivity contribution in [3.63, 3.8) is 0 Å². The molecule has 1 saturated carbocycles. The van der Waals surface area contributed by atoms with Crippen molar-refractivity contribution in [2.75, 3.05) is 44.4 Å². The van der Waals surface area contributed by atoms with E-state index in [4.69, 9.17) is 11.6 Å². The van der Waals surface area contributed by atoms with E-state index in [-0.39, 0.29) is 10.8 Å². The minimum atomic E-state index is 0.227. The van der Waals surface area contributed by atoms with Crippen molar-refractivity contribution in [2.45, 2.75) is 38.1 Å². The van der Waals surface area contributed by atoms with Gasteiger partial charge in [0.05, 0.1) is 0 Å². The maximum atomic E-state index is 6.02. The average molecular weight is 313 g/mol. The van der Waals surface area contributed by atoms with Gasteiger partial charge in [-0.2, -0.15) is 15.0 Å². The third kappa shape index (κ3) is 3.74. The summed E-state index contributed by atoms with van der Waals surface area (Å²) < 4.78 is 0. The van der Waals surface area contributed by atoms with Crippen molar-refractivity contribution in [3.05, 3.63) is 5.28 Å². The van der Waals surface area contributed by atoms with Crippen LogP contribution in [0.25, 0.3) is 0 Å². The number of halogens is 1. The van der Waals surface area contributed by atoms with Gasteiger partial charge in [0, 0.05) is 25.7 Å². The molecule has 0 atom stereocenters. The molecule has 1 aromatic rings. The molecule has 1 N–H and O–H groups in total. The van der Waals surface area contributed by atoms with Gasteiger partial charge >= 0.3 is 0 Å². The van der Waals surface area contributed by atoms with E-state index in [1.54, 1.807) is 0 Å². The number of aromatic nitrogens is 3. The zero-order valence-electron chi connectivity index (χ0n) is 13.4. The van der Waals surface area contributed by atoms with Crippen LogP contribution < -0.4 is 10.2 Å². The summed E-state index contributed by atoms with van der Waals surface area (Å²) in [5, 5.41) is 3.39. The first-order valence-electron chi connectivity index (χ1n) is 7.51. The number of hydrogen-bond donors (Lipinski definition) is 1. The Labute approximate surface area is 131 Å². The fourth-order valence-corrected chi connectivity index (χ4v) is 2.83. The lowest BCUT2D eigenvalue weighted by atomic mass is 9.75. The number of likely N-dealkylation sites (N-methyl/N-ethyl adjacent to an activating group) is 2. The van der Waals surface area contributed by atoms with E-state index in [0.717, 1.165) is 19.5 Å². The van der Waals surface area contributed by atoms with Gasteiger partial charge in [-0.1, -0.05) is 6.92 Å². The molecule has 0 bridgehead atoms. The molecule has 0 radical (unpaired) electrons. The fraction of sp³-hybridized carbons (Fsp3) is 0.786. The van der Waals surface area contributed by atoms with Crippen LogP contribution in [0.3, 0.4) is 0 Å². The maximum Gasteiger partial charge on any atom is 0.231 e. The van der Waals surface area contributed by atoms with Crippen molar-refractivity contribution >= 4 is 23.5 Å². The van der Waals surface area contributed by atoms with Gasteiger partial charge in [0.15, 0.2) is 0 Å². The minimum Gasteiger partial charge on any atom is -0.354 e. The van der Waals surface area contributed by atoms with Crippen LogP contribution in [0.2, 0.25) is 5.28 Å². The van der Waals surface area contributed by atoms with Crippen LogP contribution in [0.4, 0.5) is 11.9 Å². The maximum absolute atomic E-state index is 6.02. The molecule has 0 unspecified atom stereocenters. The standard InChI is InChI=1S/C14H25ClN6/c1-5-9-16-12-17-11(15)18-13(19-12)21(4)10-14(20(2)3)7-6-8-14/h5-10H2,1-4H3,(H,16,17,18,19). The predicted octanol–water partition coefficient (Wildman–Crippen LogP) is 2.27. The number of anilines is 2. The van der Waals surface area contributed by atoms with Crippen LogP contribution in [0.1, 0.15) is 32.6 Å². The quantitative estimate of drug-likeness (QED) is 0.833. The Hall–Kier alpha value is -1.14. The molecule has 0 aliphatic heterocycles. The molecule has 0 aromatic carbocycles. The lowest BCUT2D eigenvalue weighted by Crippen LogP contribution is -2.57. The summed E-state index contributed by atoms with van der Waals surface area (Å²) >= 11 is 6.02. The van der Waals surface area contributed by atoms with E-state index < -0.39 is 0 Å². The number of nitrogens with one attached hydrogen (secondary N) is 1. The predicted molar refractivity (Wildman–Crippen MR) is 87.2 cm³/mol. The van der Waals surface area contributed by atoms with Gasteiger partial charge in [0.25, 0.3) is 0 Å². The third-order valence-corrected chi connectivity index (χ3v) is 4.40. The molecule has 0 amide bonds. The minimum absolute atomic E-state index is 0.227. The highest BCUT2D eigenvalue weighted by atomic mass is 35.5. The van der Waals surface area contributed by atoms with E-state index in [1.807, 2.05) is 7.05 Å². The number of hydrogen-bond acceptors (Lipinski definition) is 6. The van der Waals surface area contributed by atoms with Crippen LogP contribution >= 0.6 is 11.6 Å². The molecule has 1 aliphatic rings. The molecule has 2 rings (SSSR count). The second-order valence-corrected chi connectivity index (χ2v) is 6.32. The SMILES string of the molecule is CCCNc1nc(Cl)nc(N(C)CC2(N(C)C)CCC2)n1. The lowest BCUT2D eigenvalue weighted by Gasteiger charge is -2.49. The average Bonchev–Trinajstić information content (AvgIpc) is 2.39. The first-order chi connectivity index (χ1) is 9.97. The molecule has 1 fully saturated rings. The Morgan fingerprint density at radius 1 is 1.19 bits per heavy atom. The summed E-state index contributed by atoms with van der Waals surface area (Å²) in [5.74, 6) is 1.17. The van der Waals surface area contributed by atoms with Crippen LogP contribution in [-0.2, 0) is 0 Å². The van der Waals surface area contributed by atoms with E-state index in [9.17, 15) is 0 Å². The Kier molecular flexibility index (Phi) is 5.22. The molecule has 6 nitrogen and oxygen atoms in total. The van der Waals surface area contributed by atoms with Gasteiger partial charge in [-0.3, -0.25) is 0 Å². The molecular weight excluding hydrogens is 288 g/mol. The van der Waals surface area contributed by atoms with Gasteiger partial charge in [-0.25, -0.2) is 0 Å². The molecule has 0 spiro atoms. The van der Waals surface area contributed by atoms with E-state index in [2.05, 4.69) is 51.1 Å². The summed E-state index contributed by atoms with van der Waals surface area (Å²) in [6.07, 6.45) is 4.72. The normalized spacial score (nSPS) is 16.7. The highest BCUT2D eigenvalue weighted by Crippen LogP contribution is 2.37. The lowest BCUT2D eigenvalue weighted by molar-refractivity contribution is 0.0680. The summed E-state index contributed by atoms with van der Waals surface area (Å²) in [7, 11) is 6.29. The monoisotopic (exact) mass is 312 g/mol. The molecule has 7 heteroatoms. The smallest absolute Gasteiger partial charge is 0.231 e. The molecule has 0 saturated heterocycles. The van der Waals surface area contributed by atoms with Crippen molar-refractivity contribution in [1.82, 2.24) is 19.9 Å². The second-order valence-electron chi connectivity index (χ2n) is 5.98. The Morgan fingerprint density at radius 2 is 1.90 bits per heavy atom. The summed E-state index contributed by atoms with van der Waals surface area (Å²) in [6, 6.07) is 0. The van der Waals surface area contributed by atoms with Gasteiger partial charge in [0.2, 0.25) is 17.2 Å². The van der Waals surface area contributed by atoms with Gasteiger partial charge in [-0.05, 0) is 51.4 Å².